The minimum Gasteiger partial charge on any atom is -0.328 e. The maximum Gasteiger partial charge on any atom is 0.00723 e. The predicted molar refractivity (Wildman–Crippen MR) is 74.0 cm³/mol. The normalized spacial score (nSPS) is 39.5. The van der Waals surface area contributed by atoms with Crippen LogP contribution < -0.4 is 11.1 Å². The molecular weight excluding hydrogens is 208 g/mol. The molecule has 0 aromatic heterocycles. The molecular formula is C15H30N2. The van der Waals surface area contributed by atoms with Crippen molar-refractivity contribution >= 4 is 0 Å². The first-order chi connectivity index (χ1) is 8.15. The van der Waals surface area contributed by atoms with Crippen LogP contribution in [-0.4, -0.2) is 18.1 Å². The fourth-order valence-corrected chi connectivity index (χ4v) is 3.60. The molecule has 2 heteroatoms. The largest absolute Gasteiger partial charge is 0.328 e. The molecule has 2 rings (SSSR count). The van der Waals surface area contributed by atoms with E-state index in [2.05, 4.69) is 19.2 Å². The predicted octanol–water partition coefficient (Wildman–Crippen LogP) is 3.06. The second-order valence-corrected chi connectivity index (χ2v) is 6.65. The third-order valence-corrected chi connectivity index (χ3v) is 4.90. The number of hydrogen-bond donors (Lipinski definition) is 2. The molecule has 2 nitrogen and oxygen atoms in total. The Kier molecular flexibility index (Phi) is 4.87. The topological polar surface area (TPSA) is 38.0 Å². The summed E-state index contributed by atoms with van der Waals surface area (Å²) in [6.45, 7) is 4.76. The highest BCUT2D eigenvalue weighted by molar-refractivity contribution is 4.85. The molecule has 0 aromatic rings. The molecule has 100 valence electrons. The summed E-state index contributed by atoms with van der Waals surface area (Å²) in [6, 6.07) is 2.02. The molecule has 0 aliphatic heterocycles. The zero-order valence-corrected chi connectivity index (χ0v) is 11.6. The Morgan fingerprint density at radius 3 is 2.29 bits per heavy atom. The molecule has 0 radical (unpaired) electrons. The molecule has 0 saturated heterocycles. The van der Waals surface area contributed by atoms with Crippen LogP contribution in [-0.2, 0) is 0 Å². The SMILES string of the molecule is CC(C)C1CCCC(NC2CCC(N)CC2)C1. The van der Waals surface area contributed by atoms with E-state index in [4.69, 9.17) is 5.73 Å². The van der Waals surface area contributed by atoms with Gasteiger partial charge in [-0.05, 0) is 50.4 Å². The van der Waals surface area contributed by atoms with E-state index in [9.17, 15) is 0 Å². The second kappa shape index (κ2) is 6.19. The minimum absolute atomic E-state index is 0.475. The Morgan fingerprint density at radius 2 is 1.65 bits per heavy atom. The lowest BCUT2D eigenvalue weighted by molar-refractivity contribution is 0.206. The van der Waals surface area contributed by atoms with Crippen molar-refractivity contribution in [1.29, 1.82) is 0 Å². The van der Waals surface area contributed by atoms with Crippen molar-refractivity contribution in [3.05, 3.63) is 0 Å². The standard InChI is InChI=1S/C15H30N2/c1-11(2)12-4-3-5-15(10-12)17-14-8-6-13(16)7-9-14/h11-15,17H,3-10,16H2,1-2H3. The number of rotatable bonds is 3. The first-order valence-electron chi connectivity index (χ1n) is 7.66. The van der Waals surface area contributed by atoms with Crippen LogP contribution >= 0.6 is 0 Å². The number of nitrogens with one attached hydrogen (secondary N) is 1. The summed E-state index contributed by atoms with van der Waals surface area (Å²) < 4.78 is 0. The summed E-state index contributed by atoms with van der Waals surface area (Å²) in [7, 11) is 0. The van der Waals surface area contributed by atoms with Gasteiger partial charge in [-0.15, -0.1) is 0 Å². The van der Waals surface area contributed by atoms with Crippen LogP contribution in [0, 0.1) is 11.8 Å². The smallest absolute Gasteiger partial charge is 0.00723 e. The summed E-state index contributed by atoms with van der Waals surface area (Å²) in [5, 5.41) is 3.91. The van der Waals surface area contributed by atoms with Gasteiger partial charge in [0.05, 0.1) is 0 Å². The molecule has 2 aliphatic carbocycles. The Hall–Kier alpha value is -0.0800. The van der Waals surface area contributed by atoms with Gasteiger partial charge in [0.2, 0.25) is 0 Å². The first kappa shape index (κ1) is 13.4. The van der Waals surface area contributed by atoms with Gasteiger partial charge in [0.15, 0.2) is 0 Å². The Bertz CT molecular complexity index is 219. The summed E-state index contributed by atoms with van der Waals surface area (Å²) in [6.07, 6.45) is 10.7. The monoisotopic (exact) mass is 238 g/mol. The van der Waals surface area contributed by atoms with Crippen LogP contribution in [0.25, 0.3) is 0 Å². The Balaban J connectivity index is 1.75. The molecule has 3 N–H and O–H groups in total. The van der Waals surface area contributed by atoms with Crippen LogP contribution in [0.15, 0.2) is 0 Å². The van der Waals surface area contributed by atoms with Gasteiger partial charge in [-0.3, -0.25) is 0 Å². The summed E-state index contributed by atoms with van der Waals surface area (Å²) in [4.78, 5) is 0. The van der Waals surface area contributed by atoms with Gasteiger partial charge in [-0.2, -0.15) is 0 Å². The molecule has 2 atom stereocenters. The van der Waals surface area contributed by atoms with E-state index in [-0.39, 0.29) is 0 Å². The van der Waals surface area contributed by atoms with Gasteiger partial charge in [0, 0.05) is 18.1 Å². The molecule has 0 aromatic carbocycles. The van der Waals surface area contributed by atoms with Crippen molar-refractivity contribution in [2.45, 2.75) is 83.3 Å². The van der Waals surface area contributed by atoms with Crippen molar-refractivity contribution in [1.82, 2.24) is 5.32 Å². The summed E-state index contributed by atoms with van der Waals surface area (Å²) in [5.74, 6) is 1.81. The van der Waals surface area contributed by atoms with E-state index in [0.717, 1.165) is 23.9 Å². The van der Waals surface area contributed by atoms with Gasteiger partial charge in [0.25, 0.3) is 0 Å². The minimum atomic E-state index is 0.475. The average Bonchev–Trinajstić information content (AvgIpc) is 2.32. The van der Waals surface area contributed by atoms with Crippen molar-refractivity contribution in [2.75, 3.05) is 0 Å². The fraction of sp³-hybridized carbons (Fsp3) is 1.00. The van der Waals surface area contributed by atoms with Crippen LogP contribution in [0.3, 0.4) is 0 Å². The first-order valence-corrected chi connectivity index (χ1v) is 7.66. The summed E-state index contributed by atoms with van der Waals surface area (Å²) >= 11 is 0. The molecule has 0 amide bonds. The third-order valence-electron chi connectivity index (χ3n) is 4.90. The Labute approximate surface area is 107 Å². The van der Waals surface area contributed by atoms with Crippen LogP contribution in [0.1, 0.15) is 65.2 Å². The average molecular weight is 238 g/mol. The zero-order valence-electron chi connectivity index (χ0n) is 11.6. The van der Waals surface area contributed by atoms with E-state index in [1.165, 1.54) is 51.4 Å². The van der Waals surface area contributed by atoms with E-state index < -0.39 is 0 Å². The molecule has 2 fully saturated rings. The molecule has 2 unspecified atom stereocenters. The van der Waals surface area contributed by atoms with Crippen LogP contribution in [0.2, 0.25) is 0 Å². The van der Waals surface area contributed by atoms with Gasteiger partial charge in [-0.1, -0.05) is 26.7 Å². The highest BCUT2D eigenvalue weighted by Crippen LogP contribution is 2.31. The van der Waals surface area contributed by atoms with E-state index >= 15 is 0 Å². The van der Waals surface area contributed by atoms with Crippen molar-refractivity contribution in [3.8, 4) is 0 Å². The van der Waals surface area contributed by atoms with Gasteiger partial charge in [0.1, 0.15) is 0 Å². The van der Waals surface area contributed by atoms with Crippen LogP contribution in [0.5, 0.6) is 0 Å². The van der Waals surface area contributed by atoms with E-state index in [0.29, 0.717) is 6.04 Å². The van der Waals surface area contributed by atoms with Gasteiger partial charge in [-0.25, -0.2) is 0 Å². The number of hydrogen-bond acceptors (Lipinski definition) is 2. The third kappa shape index (κ3) is 3.96. The maximum atomic E-state index is 5.96. The van der Waals surface area contributed by atoms with Gasteiger partial charge >= 0.3 is 0 Å². The molecule has 17 heavy (non-hydrogen) atoms. The van der Waals surface area contributed by atoms with E-state index in [1.807, 2.05) is 0 Å². The van der Waals surface area contributed by atoms with Crippen LogP contribution in [0.4, 0.5) is 0 Å². The molecule has 2 aliphatic rings. The summed E-state index contributed by atoms with van der Waals surface area (Å²) in [5.41, 5.74) is 5.96. The second-order valence-electron chi connectivity index (χ2n) is 6.65. The van der Waals surface area contributed by atoms with E-state index in [1.54, 1.807) is 0 Å². The quantitative estimate of drug-likeness (QED) is 0.793. The van der Waals surface area contributed by atoms with Gasteiger partial charge < -0.3 is 11.1 Å². The van der Waals surface area contributed by atoms with Crippen molar-refractivity contribution < 1.29 is 0 Å². The maximum absolute atomic E-state index is 5.96. The molecule has 2 saturated carbocycles. The lowest BCUT2D eigenvalue weighted by atomic mass is 9.78. The molecule has 0 bridgehead atoms. The molecule has 0 spiro atoms. The Morgan fingerprint density at radius 1 is 0.941 bits per heavy atom. The zero-order chi connectivity index (χ0) is 12.3. The fourth-order valence-electron chi connectivity index (χ4n) is 3.60. The highest BCUT2D eigenvalue weighted by Gasteiger charge is 2.27. The van der Waals surface area contributed by atoms with Crippen molar-refractivity contribution in [3.63, 3.8) is 0 Å². The lowest BCUT2D eigenvalue weighted by Gasteiger charge is -2.36. The lowest BCUT2D eigenvalue weighted by Crippen LogP contribution is -2.44. The highest BCUT2D eigenvalue weighted by atomic mass is 15.0. The van der Waals surface area contributed by atoms with Crippen molar-refractivity contribution in [2.24, 2.45) is 17.6 Å². The molecule has 0 heterocycles. The number of nitrogens with two attached hydrogens (primary N) is 1.